The van der Waals surface area contributed by atoms with Gasteiger partial charge in [0.2, 0.25) is 0 Å². The van der Waals surface area contributed by atoms with Gasteiger partial charge in [0.1, 0.15) is 5.75 Å². The van der Waals surface area contributed by atoms with Crippen LogP contribution in [0, 0.1) is 6.92 Å². The lowest BCUT2D eigenvalue weighted by Gasteiger charge is -2.11. The third kappa shape index (κ3) is 4.14. The summed E-state index contributed by atoms with van der Waals surface area (Å²) >= 11 is 0. The van der Waals surface area contributed by atoms with E-state index in [1.165, 1.54) is 7.05 Å². The van der Waals surface area contributed by atoms with Crippen molar-refractivity contribution in [3.8, 4) is 5.75 Å². The number of hydrogen-bond donors (Lipinski definition) is 3. The number of ether oxygens (including phenoxy) is 1. The molecule has 7 nitrogen and oxygen atoms in total. The van der Waals surface area contributed by atoms with Crippen molar-refractivity contribution in [3.05, 3.63) is 59.8 Å². The monoisotopic (exact) mass is 364 g/mol. The smallest absolute Gasteiger partial charge is 0.318 e. The molecule has 1 heterocycles. The number of methoxy groups -OCH3 is 1. The summed E-state index contributed by atoms with van der Waals surface area (Å²) in [6, 6.07) is 13.9. The summed E-state index contributed by atoms with van der Waals surface area (Å²) in [7, 11) is 3.13. The van der Waals surface area contributed by atoms with Gasteiger partial charge in [-0.15, -0.1) is 0 Å². The predicted octanol–water partition coefficient (Wildman–Crippen LogP) is 3.56. The fourth-order valence-corrected chi connectivity index (χ4v) is 2.67. The molecule has 3 rings (SSSR count). The molecule has 7 heteroatoms. The number of aromatic nitrogens is 1. The van der Waals surface area contributed by atoms with E-state index in [1.807, 2.05) is 18.2 Å². The summed E-state index contributed by atoms with van der Waals surface area (Å²) in [6.45, 7) is 1.79. The number of nitrogens with zero attached hydrogens (tertiary/aromatic N) is 1. The lowest BCUT2D eigenvalue weighted by Crippen LogP contribution is -2.24. The lowest BCUT2D eigenvalue weighted by atomic mass is 10.1. The number of amides is 3. The molecule has 0 aliphatic carbocycles. The number of fused-ring (bicyclic) bond motifs is 1. The Hall–Kier alpha value is -3.61. The molecule has 0 unspecified atom stereocenters. The SMILES string of the molecule is CNC(=O)Nc1cccc(NC(=O)c2cc3ccc(OC)cc3nc2C)c1. The highest BCUT2D eigenvalue weighted by Crippen LogP contribution is 2.23. The third-order valence-electron chi connectivity index (χ3n) is 4.07. The molecule has 3 amide bonds. The van der Waals surface area contributed by atoms with Crippen LogP contribution in [0.3, 0.4) is 0 Å². The van der Waals surface area contributed by atoms with Crippen LogP contribution < -0.4 is 20.7 Å². The van der Waals surface area contributed by atoms with E-state index in [0.717, 1.165) is 10.9 Å². The van der Waals surface area contributed by atoms with E-state index in [-0.39, 0.29) is 11.9 Å². The van der Waals surface area contributed by atoms with Crippen LogP contribution in [0.25, 0.3) is 10.9 Å². The molecule has 0 atom stereocenters. The molecule has 3 N–H and O–H groups in total. The van der Waals surface area contributed by atoms with E-state index in [4.69, 9.17) is 4.74 Å². The van der Waals surface area contributed by atoms with E-state index in [0.29, 0.717) is 28.4 Å². The van der Waals surface area contributed by atoms with Gasteiger partial charge in [0, 0.05) is 29.9 Å². The summed E-state index contributed by atoms with van der Waals surface area (Å²) in [4.78, 5) is 28.6. The van der Waals surface area contributed by atoms with Gasteiger partial charge in [0.25, 0.3) is 5.91 Å². The normalized spacial score (nSPS) is 10.3. The first-order valence-corrected chi connectivity index (χ1v) is 8.35. The molecule has 0 spiro atoms. The highest BCUT2D eigenvalue weighted by atomic mass is 16.5. The number of urea groups is 1. The average molecular weight is 364 g/mol. The molecule has 0 radical (unpaired) electrons. The van der Waals surface area contributed by atoms with Crippen LogP contribution in [-0.4, -0.2) is 31.1 Å². The molecule has 1 aromatic heterocycles. The number of nitrogens with one attached hydrogen (secondary N) is 3. The first-order chi connectivity index (χ1) is 13.0. The molecular weight excluding hydrogens is 344 g/mol. The van der Waals surface area contributed by atoms with Gasteiger partial charge in [-0.05, 0) is 43.3 Å². The van der Waals surface area contributed by atoms with Crippen LogP contribution in [0.4, 0.5) is 16.2 Å². The minimum Gasteiger partial charge on any atom is -0.497 e. The summed E-state index contributed by atoms with van der Waals surface area (Å²) < 4.78 is 5.21. The molecule has 0 aliphatic heterocycles. The van der Waals surface area contributed by atoms with Gasteiger partial charge in [-0.3, -0.25) is 9.78 Å². The standard InChI is InChI=1S/C20H20N4O3/c1-12-17(9-13-7-8-16(27-3)11-18(13)22-12)19(25)23-14-5-4-6-15(10-14)24-20(26)21-2/h4-11H,1-3H3,(H,23,25)(H2,21,24,26). The molecule has 0 bridgehead atoms. The van der Waals surface area contributed by atoms with E-state index >= 15 is 0 Å². The van der Waals surface area contributed by atoms with Crippen molar-refractivity contribution < 1.29 is 14.3 Å². The number of rotatable bonds is 4. The Kier molecular flexibility index (Phi) is 5.21. The Morgan fingerprint density at radius 1 is 1.00 bits per heavy atom. The van der Waals surface area contributed by atoms with Crippen LogP contribution in [0.15, 0.2) is 48.5 Å². The number of pyridine rings is 1. The van der Waals surface area contributed by atoms with Crippen LogP contribution in [0.1, 0.15) is 16.1 Å². The van der Waals surface area contributed by atoms with Crippen LogP contribution in [0.2, 0.25) is 0 Å². The van der Waals surface area contributed by atoms with Crippen LogP contribution in [0.5, 0.6) is 5.75 Å². The second-order valence-corrected chi connectivity index (χ2v) is 5.92. The average Bonchev–Trinajstić information content (AvgIpc) is 2.67. The molecule has 0 fully saturated rings. The maximum absolute atomic E-state index is 12.7. The largest absolute Gasteiger partial charge is 0.497 e. The maximum atomic E-state index is 12.7. The van der Waals surface area contributed by atoms with Gasteiger partial charge in [-0.1, -0.05) is 6.07 Å². The second-order valence-electron chi connectivity index (χ2n) is 5.92. The van der Waals surface area contributed by atoms with Gasteiger partial charge in [-0.2, -0.15) is 0 Å². The highest BCUT2D eigenvalue weighted by molar-refractivity contribution is 6.07. The number of hydrogen-bond acceptors (Lipinski definition) is 4. The fourth-order valence-electron chi connectivity index (χ4n) is 2.67. The minimum atomic E-state index is -0.330. The van der Waals surface area contributed by atoms with E-state index in [2.05, 4.69) is 20.9 Å². The van der Waals surface area contributed by atoms with Crippen molar-refractivity contribution in [1.29, 1.82) is 0 Å². The Morgan fingerprint density at radius 2 is 1.74 bits per heavy atom. The number of carbonyl (C=O) groups excluding carboxylic acids is 2. The summed E-state index contributed by atoms with van der Waals surface area (Å²) in [5.74, 6) is 0.446. The number of anilines is 2. The molecule has 3 aromatic rings. The van der Waals surface area contributed by atoms with Crippen molar-refractivity contribution in [3.63, 3.8) is 0 Å². The van der Waals surface area contributed by atoms with Crippen molar-refractivity contribution in [2.45, 2.75) is 6.92 Å². The van der Waals surface area contributed by atoms with E-state index < -0.39 is 0 Å². The van der Waals surface area contributed by atoms with Crippen molar-refractivity contribution in [2.75, 3.05) is 24.8 Å². The third-order valence-corrected chi connectivity index (χ3v) is 4.07. The summed E-state index contributed by atoms with van der Waals surface area (Å²) in [5.41, 5.74) is 3.01. The van der Waals surface area contributed by atoms with Crippen molar-refractivity contribution in [1.82, 2.24) is 10.3 Å². The zero-order chi connectivity index (χ0) is 19.4. The molecule has 0 saturated heterocycles. The Labute approximate surface area is 156 Å². The second kappa shape index (κ2) is 7.74. The molecule has 138 valence electrons. The van der Waals surface area contributed by atoms with Gasteiger partial charge in [0.15, 0.2) is 0 Å². The maximum Gasteiger partial charge on any atom is 0.318 e. The predicted molar refractivity (Wildman–Crippen MR) is 106 cm³/mol. The van der Waals surface area contributed by atoms with Crippen molar-refractivity contribution in [2.24, 2.45) is 0 Å². The lowest BCUT2D eigenvalue weighted by molar-refractivity contribution is 0.102. The topological polar surface area (TPSA) is 92.4 Å². The fraction of sp³-hybridized carbons (Fsp3) is 0.150. The Morgan fingerprint density at radius 3 is 2.44 bits per heavy atom. The number of aryl methyl sites for hydroxylation is 1. The number of carbonyl (C=O) groups is 2. The van der Waals surface area contributed by atoms with Crippen LogP contribution >= 0.6 is 0 Å². The molecule has 2 aromatic carbocycles. The van der Waals surface area contributed by atoms with E-state index in [1.54, 1.807) is 44.4 Å². The zero-order valence-electron chi connectivity index (χ0n) is 15.3. The highest BCUT2D eigenvalue weighted by Gasteiger charge is 2.13. The van der Waals surface area contributed by atoms with Crippen LogP contribution in [-0.2, 0) is 0 Å². The summed E-state index contributed by atoms with van der Waals surface area (Å²) in [6.07, 6.45) is 0. The van der Waals surface area contributed by atoms with Gasteiger partial charge in [0.05, 0.1) is 23.9 Å². The van der Waals surface area contributed by atoms with Crippen molar-refractivity contribution >= 4 is 34.2 Å². The first-order valence-electron chi connectivity index (χ1n) is 8.35. The Bertz CT molecular complexity index is 1020. The zero-order valence-corrected chi connectivity index (χ0v) is 15.3. The van der Waals surface area contributed by atoms with E-state index in [9.17, 15) is 9.59 Å². The van der Waals surface area contributed by atoms with Gasteiger partial charge in [-0.25, -0.2) is 4.79 Å². The quantitative estimate of drug-likeness (QED) is 0.660. The minimum absolute atomic E-state index is 0.269. The van der Waals surface area contributed by atoms with Gasteiger partial charge < -0.3 is 20.7 Å². The molecule has 0 saturated carbocycles. The molecule has 27 heavy (non-hydrogen) atoms. The summed E-state index contributed by atoms with van der Waals surface area (Å²) in [5, 5.41) is 8.83. The Balaban J connectivity index is 1.85. The van der Waals surface area contributed by atoms with Gasteiger partial charge >= 0.3 is 6.03 Å². The molecule has 0 aliphatic rings. The first kappa shape index (κ1) is 18.2. The molecular formula is C20H20N4O3. The number of benzene rings is 2.